The Balaban J connectivity index is 1.57. The van der Waals surface area contributed by atoms with Gasteiger partial charge in [0, 0.05) is 36.8 Å². The molecule has 3 aromatic rings. The van der Waals surface area contributed by atoms with E-state index in [0.717, 1.165) is 61.9 Å². The molecular formula is C27H27Cl2N5O. The highest BCUT2D eigenvalue weighted by Gasteiger charge is 2.29. The highest BCUT2D eigenvalue weighted by molar-refractivity contribution is 6.34. The second-order valence-corrected chi connectivity index (χ2v) is 9.51. The number of fused-ring (bicyclic) bond motifs is 2. The van der Waals surface area contributed by atoms with Crippen molar-refractivity contribution in [2.75, 3.05) is 37.7 Å². The van der Waals surface area contributed by atoms with Crippen LogP contribution in [0.2, 0.25) is 10.0 Å². The van der Waals surface area contributed by atoms with Crippen LogP contribution in [0.3, 0.4) is 0 Å². The molecule has 0 aliphatic carbocycles. The molecule has 180 valence electrons. The lowest BCUT2D eigenvalue weighted by molar-refractivity contribution is 0.0954. The average molecular weight is 508 g/mol. The van der Waals surface area contributed by atoms with E-state index in [1.807, 2.05) is 36.4 Å². The summed E-state index contributed by atoms with van der Waals surface area (Å²) in [5, 5.41) is 2.77. The molecule has 2 aliphatic heterocycles. The molecule has 0 radical (unpaired) electrons. The van der Waals surface area contributed by atoms with Crippen molar-refractivity contribution in [3.8, 4) is 0 Å². The summed E-state index contributed by atoms with van der Waals surface area (Å²) in [6.45, 7) is 7.07. The van der Waals surface area contributed by atoms with Crippen molar-refractivity contribution in [1.29, 1.82) is 0 Å². The zero-order valence-electron chi connectivity index (χ0n) is 19.5. The lowest BCUT2D eigenvalue weighted by atomic mass is 10.1. The molecule has 0 atom stereocenters. The molecule has 0 aromatic heterocycles. The number of carbonyl (C=O) groups excluding carboxylic acids is 1. The summed E-state index contributed by atoms with van der Waals surface area (Å²) in [6, 6.07) is 20.6. The van der Waals surface area contributed by atoms with Gasteiger partial charge in [-0.1, -0.05) is 54.4 Å². The Labute approximate surface area is 215 Å². The minimum Gasteiger partial charge on any atom is -0.353 e. The van der Waals surface area contributed by atoms with Gasteiger partial charge in [0.15, 0.2) is 0 Å². The predicted octanol–water partition coefficient (Wildman–Crippen LogP) is 5.90. The maximum absolute atomic E-state index is 13.3. The first-order valence-electron chi connectivity index (χ1n) is 11.9. The molecule has 2 heterocycles. The van der Waals surface area contributed by atoms with E-state index < -0.39 is 0 Å². The first-order chi connectivity index (χ1) is 17.0. The molecule has 1 amide bonds. The van der Waals surface area contributed by atoms with Gasteiger partial charge in [-0.15, -0.1) is 0 Å². The van der Waals surface area contributed by atoms with Crippen LogP contribution in [0.25, 0.3) is 0 Å². The van der Waals surface area contributed by atoms with Gasteiger partial charge in [-0.25, -0.2) is 4.99 Å². The highest BCUT2D eigenvalue weighted by Crippen LogP contribution is 2.40. The molecule has 8 heteroatoms. The van der Waals surface area contributed by atoms with Gasteiger partial charge in [-0.3, -0.25) is 20.1 Å². The topological polar surface area (TPSA) is 51.2 Å². The van der Waals surface area contributed by atoms with Gasteiger partial charge in [0.1, 0.15) is 5.84 Å². The van der Waals surface area contributed by atoms with Gasteiger partial charge >= 0.3 is 0 Å². The summed E-state index contributed by atoms with van der Waals surface area (Å²) < 4.78 is 0. The van der Waals surface area contributed by atoms with Crippen LogP contribution in [0.5, 0.6) is 0 Å². The number of para-hydroxylation sites is 1. The zero-order chi connectivity index (χ0) is 24.4. The fourth-order valence-electron chi connectivity index (χ4n) is 4.61. The number of amides is 1. The van der Waals surface area contributed by atoms with Crippen LogP contribution in [0.1, 0.15) is 29.3 Å². The number of aliphatic imine (C=N–C) groups is 1. The van der Waals surface area contributed by atoms with Crippen LogP contribution in [-0.2, 0) is 0 Å². The van der Waals surface area contributed by atoms with E-state index in [-0.39, 0.29) is 5.91 Å². The molecule has 5 rings (SSSR count). The van der Waals surface area contributed by atoms with E-state index in [4.69, 9.17) is 28.2 Å². The van der Waals surface area contributed by atoms with E-state index in [2.05, 4.69) is 28.2 Å². The number of benzene rings is 3. The Morgan fingerprint density at radius 3 is 2.46 bits per heavy atom. The molecule has 35 heavy (non-hydrogen) atoms. The maximum atomic E-state index is 13.3. The number of halogens is 2. The van der Waals surface area contributed by atoms with Crippen molar-refractivity contribution in [2.45, 2.75) is 13.3 Å². The van der Waals surface area contributed by atoms with Crippen LogP contribution in [0.4, 0.5) is 17.1 Å². The number of nitrogens with one attached hydrogen (secondary N) is 1. The monoisotopic (exact) mass is 507 g/mol. The van der Waals surface area contributed by atoms with Gasteiger partial charge in [0.05, 0.1) is 27.6 Å². The molecule has 0 bridgehead atoms. The maximum Gasteiger partial charge on any atom is 0.271 e. The molecule has 0 spiro atoms. The number of hydrazine groups is 1. The molecular weight excluding hydrogens is 481 g/mol. The number of hydrogen-bond acceptors (Lipinski definition) is 5. The summed E-state index contributed by atoms with van der Waals surface area (Å²) in [4.78, 5) is 23.2. The SMILES string of the molecule is CCCN1CCN(C2=Nc3cc(Cl)ccc3N(NC(=O)c3ccccc3Cl)c3ccccc32)CC1. The van der Waals surface area contributed by atoms with Gasteiger partial charge < -0.3 is 4.90 Å². The normalized spacial score (nSPS) is 15.7. The van der Waals surface area contributed by atoms with Crippen LogP contribution in [0, 0.1) is 0 Å². The Kier molecular flexibility index (Phi) is 6.95. The summed E-state index contributed by atoms with van der Waals surface area (Å²) in [5.41, 5.74) is 6.68. The third kappa shape index (κ3) is 4.87. The lowest BCUT2D eigenvalue weighted by Crippen LogP contribution is -2.49. The molecule has 1 saturated heterocycles. The minimum absolute atomic E-state index is 0.303. The van der Waals surface area contributed by atoms with Crippen molar-refractivity contribution in [2.24, 2.45) is 4.99 Å². The van der Waals surface area contributed by atoms with Crippen LogP contribution < -0.4 is 10.4 Å². The summed E-state index contributed by atoms with van der Waals surface area (Å²) in [5.74, 6) is 0.581. The van der Waals surface area contributed by atoms with E-state index in [9.17, 15) is 4.79 Å². The third-order valence-electron chi connectivity index (χ3n) is 6.33. The quantitative estimate of drug-likeness (QED) is 0.477. The smallest absolute Gasteiger partial charge is 0.271 e. The van der Waals surface area contributed by atoms with Crippen LogP contribution in [-0.4, -0.2) is 54.3 Å². The van der Waals surface area contributed by atoms with Gasteiger partial charge in [0.2, 0.25) is 0 Å². The molecule has 0 saturated carbocycles. The predicted molar refractivity (Wildman–Crippen MR) is 143 cm³/mol. The molecule has 1 fully saturated rings. The van der Waals surface area contributed by atoms with Crippen molar-refractivity contribution in [3.05, 3.63) is 87.9 Å². The number of carbonyl (C=O) groups is 1. The minimum atomic E-state index is -0.303. The molecule has 0 unspecified atom stereocenters. The molecule has 1 N–H and O–H groups in total. The van der Waals surface area contributed by atoms with Crippen molar-refractivity contribution in [1.82, 2.24) is 15.2 Å². The first-order valence-corrected chi connectivity index (χ1v) is 12.6. The average Bonchev–Trinajstić information content (AvgIpc) is 3.00. The lowest BCUT2D eigenvalue weighted by Gasteiger charge is -2.36. The van der Waals surface area contributed by atoms with E-state index >= 15 is 0 Å². The Bertz CT molecular complexity index is 1270. The fourth-order valence-corrected chi connectivity index (χ4v) is 4.99. The molecule has 3 aromatic carbocycles. The number of piperazine rings is 1. The molecule has 6 nitrogen and oxygen atoms in total. The number of rotatable bonds is 4. The van der Waals surface area contributed by atoms with Crippen LogP contribution >= 0.6 is 23.2 Å². The summed E-state index contributed by atoms with van der Waals surface area (Å²) in [6.07, 6.45) is 1.15. The van der Waals surface area contributed by atoms with Gasteiger partial charge in [-0.05, 0) is 55.4 Å². The largest absolute Gasteiger partial charge is 0.353 e. The Morgan fingerprint density at radius 2 is 1.69 bits per heavy atom. The highest BCUT2D eigenvalue weighted by atomic mass is 35.5. The van der Waals surface area contributed by atoms with Crippen molar-refractivity contribution >= 4 is 52.0 Å². The van der Waals surface area contributed by atoms with E-state index in [1.165, 1.54) is 0 Å². The number of nitrogens with zero attached hydrogens (tertiary/aromatic N) is 4. The third-order valence-corrected chi connectivity index (χ3v) is 6.90. The number of amidine groups is 1. The van der Waals surface area contributed by atoms with Crippen molar-refractivity contribution < 1.29 is 4.79 Å². The van der Waals surface area contributed by atoms with E-state index in [1.54, 1.807) is 29.3 Å². The van der Waals surface area contributed by atoms with Crippen molar-refractivity contribution in [3.63, 3.8) is 0 Å². The standard InChI is InChI=1S/C27H27Cl2N5O/c1-2-13-32-14-16-33(17-15-32)26-21-8-4-6-10-24(21)34(25-12-11-19(28)18-23(25)30-26)31-27(35)20-7-3-5-9-22(20)29/h3-12,18H,2,13-17H2,1H3,(H,31,35). The first kappa shape index (κ1) is 23.7. The molecule has 2 aliphatic rings. The fraction of sp³-hybridized carbons (Fsp3) is 0.259. The number of anilines is 2. The Morgan fingerprint density at radius 1 is 0.943 bits per heavy atom. The zero-order valence-corrected chi connectivity index (χ0v) is 21.1. The van der Waals surface area contributed by atoms with Gasteiger partial charge in [-0.2, -0.15) is 0 Å². The van der Waals surface area contributed by atoms with Crippen LogP contribution in [0.15, 0.2) is 71.7 Å². The summed E-state index contributed by atoms with van der Waals surface area (Å²) in [7, 11) is 0. The summed E-state index contributed by atoms with van der Waals surface area (Å²) >= 11 is 12.7. The second-order valence-electron chi connectivity index (χ2n) is 8.67. The number of hydrogen-bond donors (Lipinski definition) is 1. The Hall–Kier alpha value is -3.06. The van der Waals surface area contributed by atoms with Gasteiger partial charge in [0.25, 0.3) is 5.91 Å². The van der Waals surface area contributed by atoms with E-state index in [0.29, 0.717) is 21.3 Å². The second kappa shape index (κ2) is 10.3.